The standard InChI is InChI=1S/C11H13BrN4O2/c1-7(17)9-4-3-8(12)5-10(9)18-6-11-13-15-16(2)14-11/h3-5,7,17H,6H2,1-2H3/t7-/m0/s1. The molecular weight excluding hydrogens is 300 g/mol. The van der Waals surface area contributed by atoms with Crippen molar-refractivity contribution in [3.05, 3.63) is 34.1 Å². The number of hydrogen-bond donors (Lipinski definition) is 1. The maximum Gasteiger partial charge on any atom is 0.212 e. The first-order chi connectivity index (χ1) is 8.56. The third kappa shape index (κ3) is 3.05. The van der Waals surface area contributed by atoms with Gasteiger partial charge in [0.1, 0.15) is 5.75 Å². The fraction of sp³-hybridized carbons (Fsp3) is 0.364. The molecule has 18 heavy (non-hydrogen) atoms. The van der Waals surface area contributed by atoms with E-state index in [2.05, 4.69) is 31.3 Å². The lowest BCUT2D eigenvalue weighted by molar-refractivity contribution is 0.189. The van der Waals surface area contributed by atoms with Crippen LogP contribution >= 0.6 is 15.9 Å². The quantitative estimate of drug-likeness (QED) is 0.928. The molecule has 0 spiro atoms. The number of nitrogens with zero attached hydrogens (tertiary/aromatic N) is 4. The van der Waals surface area contributed by atoms with Crippen LogP contribution in [-0.4, -0.2) is 25.3 Å². The van der Waals surface area contributed by atoms with E-state index in [0.717, 1.165) is 10.0 Å². The Morgan fingerprint density at radius 3 is 2.89 bits per heavy atom. The second-order valence-electron chi connectivity index (χ2n) is 3.84. The average molecular weight is 313 g/mol. The Bertz CT molecular complexity index is 542. The molecule has 1 aromatic heterocycles. The van der Waals surface area contributed by atoms with Gasteiger partial charge in [-0.25, -0.2) is 0 Å². The van der Waals surface area contributed by atoms with Gasteiger partial charge in [-0.15, -0.1) is 10.2 Å². The van der Waals surface area contributed by atoms with E-state index < -0.39 is 6.10 Å². The molecule has 1 N–H and O–H groups in total. The smallest absolute Gasteiger partial charge is 0.212 e. The van der Waals surface area contributed by atoms with Gasteiger partial charge in [-0.1, -0.05) is 22.0 Å². The van der Waals surface area contributed by atoms with Crippen LogP contribution in [-0.2, 0) is 13.7 Å². The van der Waals surface area contributed by atoms with Gasteiger partial charge in [0.05, 0.1) is 13.2 Å². The first-order valence-corrected chi connectivity index (χ1v) is 6.19. The summed E-state index contributed by atoms with van der Waals surface area (Å²) in [6.45, 7) is 1.90. The lowest BCUT2D eigenvalue weighted by Gasteiger charge is -2.12. The van der Waals surface area contributed by atoms with Crippen LogP contribution < -0.4 is 4.74 Å². The van der Waals surface area contributed by atoms with Gasteiger partial charge in [0.25, 0.3) is 0 Å². The molecule has 2 aromatic rings. The molecule has 0 fully saturated rings. The average Bonchev–Trinajstić information content (AvgIpc) is 2.72. The minimum atomic E-state index is -0.595. The Balaban J connectivity index is 2.15. The van der Waals surface area contributed by atoms with Crippen LogP contribution in [0.25, 0.3) is 0 Å². The van der Waals surface area contributed by atoms with Crippen LogP contribution in [0.2, 0.25) is 0 Å². The SMILES string of the molecule is C[C@H](O)c1ccc(Br)cc1OCc1nnn(C)n1. The Kier molecular flexibility index (Phi) is 3.93. The molecule has 0 aliphatic carbocycles. The van der Waals surface area contributed by atoms with Crippen molar-refractivity contribution in [2.24, 2.45) is 7.05 Å². The molecule has 1 heterocycles. The lowest BCUT2D eigenvalue weighted by atomic mass is 10.1. The highest BCUT2D eigenvalue weighted by molar-refractivity contribution is 9.10. The van der Waals surface area contributed by atoms with Gasteiger partial charge in [0.2, 0.25) is 5.82 Å². The van der Waals surface area contributed by atoms with E-state index in [9.17, 15) is 5.11 Å². The highest BCUT2D eigenvalue weighted by Crippen LogP contribution is 2.28. The molecule has 0 aliphatic rings. The van der Waals surface area contributed by atoms with Crippen molar-refractivity contribution in [2.75, 3.05) is 0 Å². The van der Waals surface area contributed by atoms with Gasteiger partial charge in [-0.05, 0) is 24.3 Å². The molecule has 2 rings (SSSR count). The largest absolute Gasteiger partial charge is 0.485 e. The molecule has 0 amide bonds. The molecule has 0 radical (unpaired) electrons. The first-order valence-electron chi connectivity index (χ1n) is 5.39. The van der Waals surface area contributed by atoms with E-state index in [1.54, 1.807) is 20.0 Å². The van der Waals surface area contributed by atoms with Crippen molar-refractivity contribution in [3.8, 4) is 5.75 Å². The van der Waals surface area contributed by atoms with Gasteiger partial charge in [0, 0.05) is 10.0 Å². The van der Waals surface area contributed by atoms with Crippen molar-refractivity contribution in [2.45, 2.75) is 19.6 Å². The zero-order valence-electron chi connectivity index (χ0n) is 10.0. The number of hydrogen-bond acceptors (Lipinski definition) is 5. The van der Waals surface area contributed by atoms with Gasteiger partial charge in [-0.2, -0.15) is 4.80 Å². The van der Waals surface area contributed by atoms with Gasteiger partial charge >= 0.3 is 0 Å². The van der Waals surface area contributed by atoms with Crippen LogP contribution in [0.3, 0.4) is 0 Å². The summed E-state index contributed by atoms with van der Waals surface area (Å²) in [5, 5.41) is 21.2. The summed E-state index contributed by atoms with van der Waals surface area (Å²) in [7, 11) is 1.69. The number of aryl methyl sites for hydroxylation is 1. The second kappa shape index (κ2) is 5.45. The van der Waals surface area contributed by atoms with E-state index in [4.69, 9.17) is 4.74 Å². The molecule has 0 aliphatic heterocycles. The first kappa shape index (κ1) is 13.0. The molecule has 6 nitrogen and oxygen atoms in total. The summed E-state index contributed by atoms with van der Waals surface area (Å²) in [6, 6.07) is 5.47. The topological polar surface area (TPSA) is 73.1 Å². The van der Waals surface area contributed by atoms with Crippen molar-refractivity contribution >= 4 is 15.9 Å². The summed E-state index contributed by atoms with van der Waals surface area (Å²) in [5.74, 6) is 1.10. The molecule has 1 atom stereocenters. The van der Waals surface area contributed by atoms with E-state index in [-0.39, 0.29) is 6.61 Å². The summed E-state index contributed by atoms with van der Waals surface area (Å²) in [4.78, 5) is 1.37. The fourth-order valence-electron chi connectivity index (χ4n) is 1.50. The number of tetrazole rings is 1. The predicted octanol–water partition coefficient (Wildman–Crippen LogP) is 1.60. The summed E-state index contributed by atoms with van der Waals surface area (Å²) < 4.78 is 6.49. The lowest BCUT2D eigenvalue weighted by Crippen LogP contribution is -2.03. The van der Waals surface area contributed by atoms with Crippen molar-refractivity contribution < 1.29 is 9.84 Å². The Morgan fingerprint density at radius 1 is 1.50 bits per heavy atom. The third-order valence-corrected chi connectivity index (χ3v) is 2.83. The molecule has 0 saturated heterocycles. The third-order valence-electron chi connectivity index (χ3n) is 2.33. The summed E-state index contributed by atoms with van der Waals surface area (Å²) in [6.07, 6.45) is -0.595. The van der Waals surface area contributed by atoms with Gasteiger partial charge < -0.3 is 9.84 Å². The monoisotopic (exact) mass is 312 g/mol. The second-order valence-corrected chi connectivity index (χ2v) is 4.76. The number of rotatable bonds is 4. The van der Waals surface area contributed by atoms with E-state index >= 15 is 0 Å². The maximum atomic E-state index is 9.65. The van der Waals surface area contributed by atoms with Gasteiger partial charge in [-0.3, -0.25) is 0 Å². The van der Waals surface area contributed by atoms with Crippen LogP contribution in [0.4, 0.5) is 0 Å². The zero-order valence-corrected chi connectivity index (χ0v) is 11.6. The van der Waals surface area contributed by atoms with Crippen LogP contribution in [0.15, 0.2) is 22.7 Å². The summed E-state index contributed by atoms with van der Waals surface area (Å²) in [5.41, 5.74) is 0.724. The Hall–Kier alpha value is -1.47. The van der Waals surface area contributed by atoms with Crippen LogP contribution in [0.5, 0.6) is 5.75 Å². The number of ether oxygens (including phenoxy) is 1. The Labute approximate surface area is 113 Å². The van der Waals surface area contributed by atoms with Crippen molar-refractivity contribution in [1.29, 1.82) is 0 Å². The zero-order chi connectivity index (χ0) is 13.1. The van der Waals surface area contributed by atoms with Crippen LogP contribution in [0, 0.1) is 0 Å². The molecule has 0 bridgehead atoms. The minimum Gasteiger partial charge on any atom is -0.485 e. The maximum absolute atomic E-state index is 9.65. The summed E-state index contributed by atoms with van der Waals surface area (Å²) >= 11 is 3.37. The predicted molar refractivity (Wildman–Crippen MR) is 67.9 cm³/mol. The fourth-order valence-corrected chi connectivity index (χ4v) is 1.84. The molecular formula is C11H13BrN4O2. The molecule has 7 heteroatoms. The number of aromatic nitrogens is 4. The van der Waals surface area contributed by atoms with Gasteiger partial charge in [0.15, 0.2) is 6.61 Å². The normalized spacial score (nSPS) is 12.4. The van der Waals surface area contributed by atoms with E-state index in [0.29, 0.717) is 11.6 Å². The highest BCUT2D eigenvalue weighted by atomic mass is 79.9. The minimum absolute atomic E-state index is 0.212. The van der Waals surface area contributed by atoms with Crippen molar-refractivity contribution in [1.82, 2.24) is 20.2 Å². The number of benzene rings is 1. The van der Waals surface area contributed by atoms with E-state index in [1.165, 1.54) is 4.80 Å². The highest BCUT2D eigenvalue weighted by Gasteiger charge is 2.11. The van der Waals surface area contributed by atoms with Crippen molar-refractivity contribution in [3.63, 3.8) is 0 Å². The van der Waals surface area contributed by atoms with Crippen LogP contribution in [0.1, 0.15) is 24.4 Å². The molecule has 0 saturated carbocycles. The number of aliphatic hydroxyl groups is 1. The molecule has 96 valence electrons. The molecule has 0 unspecified atom stereocenters. The number of halogens is 1. The Morgan fingerprint density at radius 2 is 2.28 bits per heavy atom. The number of aliphatic hydroxyl groups excluding tert-OH is 1. The van der Waals surface area contributed by atoms with E-state index in [1.807, 2.05) is 12.1 Å². The molecule has 1 aromatic carbocycles.